The molecule has 0 saturated heterocycles. The molecule has 2 heterocycles. The lowest BCUT2D eigenvalue weighted by atomic mass is 9.90. The maximum atomic E-state index is 13.3. The van der Waals surface area contributed by atoms with Crippen molar-refractivity contribution in [3.8, 4) is 5.75 Å². The van der Waals surface area contributed by atoms with E-state index in [0.717, 1.165) is 16.9 Å². The zero-order valence-electron chi connectivity index (χ0n) is 16.8. The molecule has 1 aliphatic heterocycles. The van der Waals surface area contributed by atoms with Crippen molar-refractivity contribution >= 4 is 46.3 Å². The fourth-order valence-corrected chi connectivity index (χ4v) is 4.96. The van der Waals surface area contributed by atoms with Gasteiger partial charge in [0.1, 0.15) is 18.1 Å². The Balaban J connectivity index is 1.90. The normalized spacial score (nSPS) is 15.5. The summed E-state index contributed by atoms with van der Waals surface area (Å²) in [6.45, 7) is -0.291. The predicted molar refractivity (Wildman–Crippen MR) is 119 cm³/mol. The summed E-state index contributed by atoms with van der Waals surface area (Å²) in [6.07, 6.45) is 0.171. The highest BCUT2D eigenvalue weighted by atomic mass is 35.5. The molecule has 0 unspecified atom stereocenters. The maximum Gasteiger partial charge on any atom is 0.325 e. The minimum Gasteiger partial charge on any atom is -0.497 e. The van der Waals surface area contributed by atoms with Crippen LogP contribution in [-0.4, -0.2) is 30.7 Å². The Hall–Kier alpha value is -3.10. The molecular weight excluding hydrogens is 440 g/mol. The van der Waals surface area contributed by atoms with Crippen LogP contribution in [-0.2, 0) is 20.9 Å². The Kier molecular flexibility index (Phi) is 5.84. The van der Waals surface area contributed by atoms with Crippen molar-refractivity contribution in [2.45, 2.75) is 18.9 Å². The first-order chi connectivity index (χ1) is 14.9. The Morgan fingerprint density at radius 3 is 2.55 bits per heavy atom. The lowest BCUT2D eigenvalue weighted by Crippen LogP contribution is -2.36. The number of carbonyl (C=O) groups is 2. The molecule has 0 saturated carbocycles. The second-order valence-electron chi connectivity index (χ2n) is 6.96. The number of amides is 1. The van der Waals surface area contributed by atoms with E-state index in [2.05, 4.69) is 0 Å². The molecule has 0 fully saturated rings. The number of esters is 1. The molecule has 9 heteroatoms. The van der Waals surface area contributed by atoms with Crippen molar-refractivity contribution in [2.24, 2.45) is 0 Å². The van der Waals surface area contributed by atoms with E-state index in [1.807, 2.05) is 24.3 Å². The molecule has 0 spiro atoms. The first kappa shape index (κ1) is 21.1. The Bertz CT molecular complexity index is 1200. The van der Waals surface area contributed by atoms with Gasteiger partial charge in [0.15, 0.2) is 0 Å². The van der Waals surface area contributed by atoms with E-state index >= 15 is 0 Å². The van der Waals surface area contributed by atoms with Crippen molar-refractivity contribution in [3.05, 3.63) is 73.7 Å². The van der Waals surface area contributed by atoms with Crippen LogP contribution >= 0.6 is 22.9 Å². The van der Waals surface area contributed by atoms with E-state index in [9.17, 15) is 14.4 Å². The molecule has 2 aromatic carbocycles. The number of anilines is 2. The van der Waals surface area contributed by atoms with Gasteiger partial charge in [-0.2, -0.15) is 0 Å². The molecule has 0 aliphatic carbocycles. The number of carbonyl (C=O) groups excluding carboxylic acids is 2. The fraction of sp³-hybridized carbons (Fsp3) is 0.227. The Morgan fingerprint density at radius 1 is 1.16 bits per heavy atom. The highest BCUT2D eigenvalue weighted by molar-refractivity contribution is 7.10. The third-order valence-electron chi connectivity index (χ3n) is 5.15. The number of hydrogen-bond donors (Lipinski definition) is 0. The van der Waals surface area contributed by atoms with Crippen molar-refractivity contribution in [3.63, 3.8) is 0 Å². The van der Waals surface area contributed by atoms with Gasteiger partial charge in [-0.25, -0.2) is 0 Å². The average Bonchev–Trinajstić information content (AvgIpc) is 3.08. The summed E-state index contributed by atoms with van der Waals surface area (Å²) in [4.78, 5) is 40.0. The number of aromatic nitrogens is 1. The third kappa shape index (κ3) is 3.96. The number of benzene rings is 2. The number of hydrogen-bond acceptors (Lipinski definition) is 6. The summed E-state index contributed by atoms with van der Waals surface area (Å²) in [5, 5.41) is 0.459. The van der Waals surface area contributed by atoms with Crippen LogP contribution < -0.4 is 14.5 Å². The van der Waals surface area contributed by atoms with E-state index in [4.69, 9.17) is 21.1 Å². The van der Waals surface area contributed by atoms with Crippen LogP contribution in [0.2, 0.25) is 5.02 Å². The summed E-state index contributed by atoms with van der Waals surface area (Å²) in [5.74, 6) is -0.0250. The molecule has 4 rings (SSSR count). The van der Waals surface area contributed by atoms with Crippen LogP contribution in [0, 0.1) is 0 Å². The Labute approximate surface area is 187 Å². The summed E-state index contributed by atoms with van der Waals surface area (Å²) in [6, 6.07) is 14.2. The van der Waals surface area contributed by atoms with Crippen molar-refractivity contribution in [1.82, 2.24) is 4.57 Å². The molecule has 3 aromatic rings. The largest absolute Gasteiger partial charge is 0.497 e. The van der Waals surface area contributed by atoms with Gasteiger partial charge in [-0.3, -0.25) is 23.9 Å². The summed E-state index contributed by atoms with van der Waals surface area (Å²) < 4.78 is 11.3. The smallest absolute Gasteiger partial charge is 0.325 e. The monoisotopic (exact) mass is 458 g/mol. The topological polar surface area (TPSA) is 77.8 Å². The summed E-state index contributed by atoms with van der Waals surface area (Å²) in [5.41, 5.74) is 1.41. The Morgan fingerprint density at radius 2 is 1.90 bits per heavy atom. The predicted octanol–water partition coefficient (Wildman–Crippen LogP) is 3.95. The fourth-order valence-electron chi connectivity index (χ4n) is 3.67. The number of ether oxygens (including phenoxy) is 2. The molecule has 1 amide bonds. The van der Waals surface area contributed by atoms with Gasteiger partial charge in [-0.05, 0) is 35.9 Å². The van der Waals surface area contributed by atoms with Crippen LogP contribution in [0.25, 0.3) is 0 Å². The van der Waals surface area contributed by atoms with Gasteiger partial charge in [-0.15, -0.1) is 0 Å². The zero-order valence-corrected chi connectivity index (χ0v) is 18.4. The number of methoxy groups -OCH3 is 2. The maximum absolute atomic E-state index is 13.3. The lowest BCUT2D eigenvalue weighted by molar-refractivity contribution is -0.141. The van der Waals surface area contributed by atoms with Crippen molar-refractivity contribution in [1.29, 1.82) is 0 Å². The summed E-state index contributed by atoms with van der Waals surface area (Å²) >= 11 is 7.18. The highest BCUT2D eigenvalue weighted by Gasteiger charge is 2.38. The average molecular weight is 459 g/mol. The van der Waals surface area contributed by atoms with Gasteiger partial charge >= 0.3 is 10.8 Å². The minimum absolute atomic E-state index is 0.171. The summed E-state index contributed by atoms with van der Waals surface area (Å²) in [7, 11) is 2.84. The number of thiazole rings is 1. The van der Waals surface area contributed by atoms with Gasteiger partial charge in [0.2, 0.25) is 5.91 Å². The number of nitrogens with zero attached hydrogens (tertiary/aromatic N) is 2. The minimum atomic E-state index is -0.576. The van der Waals surface area contributed by atoms with Crippen LogP contribution in [0.1, 0.15) is 22.8 Å². The van der Waals surface area contributed by atoms with Gasteiger partial charge in [-0.1, -0.05) is 41.1 Å². The van der Waals surface area contributed by atoms with Gasteiger partial charge < -0.3 is 9.47 Å². The molecule has 1 aliphatic rings. The lowest BCUT2D eigenvalue weighted by Gasteiger charge is -2.32. The number of halogens is 1. The molecule has 1 atom stereocenters. The quantitative estimate of drug-likeness (QED) is 0.541. The van der Waals surface area contributed by atoms with Crippen molar-refractivity contribution < 1.29 is 19.1 Å². The van der Waals surface area contributed by atoms with Crippen LogP contribution in [0.4, 0.5) is 11.5 Å². The molecular formula is C22H19ClN2O5S. The first-order valence-corrected chi connectivity index (χ1v) is 10.6. The highest BCUT2D eigenvalue weighted by Crippen LogP contribution is 2.45. The standard InChI is InChI=1S/C22H19ClN2O5S/c1-29-16-8-6-13(7-9-16)17-11-18(26)25(15-5-3-4-14(23)10-15)21-20(17)31-22(28)24(21)12-19(27)30-2/h3-10,17H,11-12H2,1-2H3/t17-/m1/s1. The molecule has 31 heavy (non-hydrogen) atoms. The second-order valence-corrected chi connectivity index (χ2v) is 8.39. The van der Waals surface area contributed by atoms with Gasteiger partial charge in [0.05, 0.1) is 24.8 Å². The van der Waals surface area contributed by atoms with Crippen LogP contribution in [0.15, 0.2) is 53.3 Å². The van der Waals surface area contributed by atoms with E-state index in [-0.39, 0.29) is 29.7 Å². The second kappa shape index (κ2) is 8.56. The van der Waals surface area contributed by atoms with E-state index in [1.54, 1.807) is 31.4 Å². The van der Waals surface area contributed by atoms with E-state index in [1.165, 1.54) is 16.6 Å². The number of rotatable bonds is 5. The number of fused-ring (bicyclic) bond motifs is 1. The molecule has 160 valence electrons. The molecule has 0 bridgehead atoms. The molecule has 1 aromatic heterocycles. The van der Waals surface area contributed by atoms with E-state index in [0.29, 0.717) is 27.2 Å². The first-order valence-electron chi connectivity index (χ1n) is 9.45. The zero-order chi connectivity index (χ0) is 22.1. The molecule has 0 radical (unpaired) electrons. The van der Waals surface area contributed by atoms with Gasteiger partial charge in [0, 0.05) is 17.4 Å². The van der Waals surface area contributed by atoms with Crippen molar-refractivity contribution in [2.75, 3.05) is 19.1 Å². The van der Waals surface area contributed by atoms with E-state index < -0.39 is 5.97 Å². The molecule has 0 N–H and O–H groups in total. The third-order valence-corrected chi connectivity index (χ3v) is 6.47. The van der Waals surface area contributed by atoms with Gasteiger partial charge in [0.25, 0.3) is 0 Å². The SMILES string of the molecule is COC(=O)Cn1c2c(sc1=O)[C@@H](c1ccc(OC)cc1)CC(=O)N2c1cccc(Cl)c1. The molecule has 7 nitrogen and oxygen atoms in total. The van der Waals surface area contributed by atoms with Crippen LogP contribution in [0.3, 0.4) is 0 Å². The van der Waals surface area contributed by atoms with Crippen LogP contribution in [0.5, 0.6) is 5.75 Å².